The van der Waals surface area contributed by atoms with E-state index in [1.165, 1.54) is 12.0 Å². The van der Waals surface area contributed by atoms with Crippen LogP contribution in [0.5, 0.6) is 0 Å². The van der Waals surface area contributed by atoms with Crippen LogP contribution >= 0.6 is 0 Å². The molecule has 1 aliphatic heterocycles. The summed E-state index contributed by atoms with van der Waals surface area (Å²) in [6.45, 7) is 2.21. The third kappa shape index (κ3) is 2.40. The Morgan fingerprint density at radius 1 is 1.14 bits per heavy atom. The Morgan fingerprint density at radius 2 is 2.00 bits per heavy atom. The molecule has 112 valence electrons. The smallest absolute Gasteiger partial charge is 0.160 e. The standard InChI is InChI=1S/C18H20N4/c1-21-11-9-15(13-21)22-17(12-14-6-3-2-4-7-14)20-16-8-5-10-19-18(16)22/h2-8,10,15H,9,11-13H2,1H3. The third-order valence-electron chi connectivity index (χ3n) is 4.46. The van der Waals surface area contributed by atoms with Gasteiger partial charge in [0.15, 0.2) is 5.65 Å². The van der Waals surface area contributed by atoms with Crippen molar-refractivity contribution in [3.8, 4) is 0 Å². The first kappa shape index (κ1) is 13.5. The number of likely N-dealkylation sites (N-methyl/N-ethyl adjacent to an activating group) is 1. The van der Waals surface area contributed by atoms with E-state index in [0.717, 1.165) is 36.5 Å². The highest BCUT2D eigenvalue weighted by Crippen LogP contribution is 2.27. The molecule has 1 aromatic carbocycles. The molecule has 0 saturated carbocycles. The fourth-order valence-electron chi connectivity index (χ4n) is 3.39. The highest BCUT2D eigenvalue weighted by molar-refractivity contribution is 5.71. The minimum Gasteiger partial charge on any atom is -0.308 e. The molecule has 1 unspecified atom stereocenters. The summed E-state index contributed by atoms with van der Waals surface area (Å²) in [4.78, 5) is 11.8. The molecule has 0 N–H and O–H groups in total. The Morgan fingerprint density at radius 3 is 2.77 bits per heavy atom. The van der Waals surface area contributed by atoms with Crippen molar-refractivity contribution in [1.82, 2.24) is 19.4 Å². The van der Waals surface area contributed by atoms with E-state index in [4.69, 9.17) is 4.98 Å². The van der Waals surface area contributed by atoms with E-state index >= 15 is 0 Å². The number of benzene rings is 1. The first-order valence-corrected chi connectivity index (χ1v) is 7.85. The minimum atomic E-state index is 0.476. The summed E-state index contributed by atoms with van der Waals surface area (Å²) < 4.78 is 2.37. The molecule has 0 amide bonds. The summed E-state index contributed by atoms with van der Waals surface area (Å²) in [7, 11) is 2.18. The summed E-state index contributed by atoms with van der Waals surface area (Å²) in [5.74, 6) is 1.13. The fraction of sp³-hybridized carbons (Fsp3) is 0.333. The van der Waals surface area contributed by atoms with Gasteiger partial charge in [-0.2, -0.15) is 0 Å². The summed E-state index contributed by atoms with van der Waals surface area (Å²) in [5.41, 5.74) is 3.32. The number of fused-ring (bicyclic) bond motifs is 1. The van der Waals surface area contributed by atoms with Gasteiger partial charge < -0.3 is 9.47 Å². The van der Waals surface area contributed by atoms with Crippen LogP contribution in [0.15, 0.2) is 48.7 Å². The zero-order valence-corrected chi connectivity index (χ0v) is 12.8. The Hall–Kier alpha value is -2.20. The molecule has 2 aromatic heterocycles. The number of hydrogen-bond donors (Lipinski definition) is 0. The van der Waals surface area contributed by atoms with Gasteiger partial charge >= 0.3 is 0 Å². The molecule has 0 bridgehead atoms. The normalized spacial score (nSPS) is 19.0. The van der Waals surface area contributed by atoms with Crippen molar-refractivity contribution < 1.29 is 0 Å². The van der Waals surface area contributed by atoms with E-state index in [1.54, 1.807) is 0 Å². The zero-order chi connectivity index (χ0) is 14.9. The molecule has 0 spiro atoms. The highest BCUT2D eigenvalue weighted by Gasteiger charge is 2.25. The van der Waals surface area contributed by atoms with Gasteiger partial charge in [0.05, 0.1) is 6.04 Å². The Labute approximate surface area is 130 Å². The van der Waals surface area contributed by atoms with Gasteiger partial charge in [0.25, 0.3) is 0 Å². The number of imidazole rings is 1. The van der Waals surface area contributed by atoms with Crippen LogP contribution in [-0.2, 0) is 6.42 Å². The molecule has 3 aromatic rings. The van der Waals surface area contributed by atoms with Crippen LogP contribution in [0, 0.1) is 0 Å². The maximum absolute atomic E-state index is 4.86. The van der Waals surface area contributed by atoms with Gasteiger partial charge in [0, 0.05) is 19.2 Å². The molecule has 1 aliphatic rings. The number of rotatable bonds is 3. The van der Waals surface area contributed by atoms with Gasteiger partial charge in [-0.25, -0.2) is 9.97 Å². The van der Waals surface area contributed by atoms with Gasteiger partial charge in [-0.3, -0.25) is 0 Å². The minimum absolute atomic E-state index is 0.476. The van der Waals surface area contributed by atoms with Crippen molar-refractivity contribution in [2.24, 2.45) is 0 Å². The molecule has 0 aliphatic carbocycles. The maximum Gasteiger partial charge on any atom is 0.160 e. The maximum atomic E-state index is 4.86. The summed E-state index contributed by atoms with van der Waals surface area (Å²) >= 11 is 0. The van der Waals surface area contributed by atoms with Crippen LogP contribution < -0.4 is 0 Å². The van der Waals surface area contributed by atoms with E-state index < -0.39 is 0 Å². The topological polar surface area (TPSA) is 34.0 Å². The van der Waals surface area contributed by atoms with Crippen LogP contribution in [0.25, 0.3) is 11.2 Å². The van der Waals surface area contributed by atoms with Crippen LogP contribution in [-0.4, -0.2) is 39.6 Å². The first-order valence-electron chi connectivity index (χ1n) is 7.85. The molecule has 1 atom stereocenters. The monoisotopic (exact) mass is 292 g/mol. The summed E-state index contributed by atoms with van der Waals surface area (Å²) in [6.07, 6.45) is 3.89. The molecule has 1 saturated heterocycles. The van der Waals surface area contributed by atoms with Gasteiger partial charge in [0.1, 0.15) is 11.3 Å². The van der Waals surface area contributed by atoms with Gasteiger partial charge in [-0.05, 0) is 37.7 Å². The van der Waals surface area contributed by atoms with Crippen molar-refractivity contribution >= 4 is 11.2 Å². The molecular weight excluding hydrogens is 272 g/mol. The van der Waals surface area contributed by atoms with E-state index in [-0.39, 0.29) is 0 Å². The fourth-order valence-corrected chi connectivity index (χ4v) is 3.39. The number of nitrogens with zero attached hydrogens (tertiary/aromatic N) is 4. The van der Waals surface area contributed by atoms with E-state index in [2.05, 4.69) is 57.9 Å². The molecule has 3 heterocycles. The largest absolute Gasteiger partial charge is 0.308 e. The summed E-state index contributed by atoms with van der Waals surface area (Å²) in [6, 6.07) is 15.1. The predicted molar refractivity (Wildman–Crippen MR) is 87.9 cm³/mol. The van der Waals surface area contributed by atoms with E-state index in [9.17, 15) is 0 Å². The first-order chi connectivity index (χ1) is 10.8. The van der Waals surface area contributed by atoms with Gasteiger partial charge in [0.2, 0.25) is 0 Å². The van der Waals surface area contributed by atoms with Crippen molar-refractivity contribution in [1.29, 1.82) is 0 Å². The van der Waals surface area contributed by atoms with Crippen LogP contribution in [0.4, 0.5) is 0 Å². The molecule has 0 radical (unpaired) electrons. The lowest BCUT2D eigenvalue weighted by Gasteiger charge is -2.16. The Bertz CT molecular complexity index is 778. The highest BCUT2D eigenvalue weighted by atomic mass is 15.2. The average molecular weight is 292 g/mol. The second kappa shape index (κ2) is 5.54. The lowest BCUT2D eigenvalue weighted by molar-refractivity contribution is 0.392. The Kier molecular flexibility index (Phi) is 3.39. The second-order valence-electron chi connectivity index (χ2n) is 6.11. The van der Waals surface area contributed by atoms with Crippen molar-refractivity contribution in [3.63, 3.8) is 0 Å². The van der Waals surface area contributed by atoms with Gasteiger partial charge in [-0.1, -0.05) is 30.3 Å². The predicted octanol–water partition coefficient (Wildman–Crippen LogP) is 2.90. The lowest BCUT2D eigenvalue weighted by atomic mass is 10.1. The van der Waals surface area contributed by atoms with Crippen LogP contribution in [0.1, 0.15) is 23.9 Å². The van der Waals surface area contributed by atoms with E-state index in [1.807, 2.05) is 12.3 Å². The van der Waals surface area contributed by atoms with Crippen molar-refractivity contribution in [2.75, 3.05) is 20.1 Å². The molecule has 1 fully saturated rings. The van der Waals surface area contributed by atoms with Crippen molar-refractivity contribution in [3.05, 3.63) is 60.0 Å². The molecular formula is C18H20N4. The molecule has 4 heteroatoms. The summed E-state index contributed by atoms with van der Waals surface area (Å²) in [5, 5.41) is 0. The third-order valence-corrected chi connectivity index (χ3v) is 4.46. The molecule has 4 nitrogen and oxygen atoms in total. The van der Waals surface area contributed by atoms with Crippen molar-refractivity contribution in [2.45, 2.75) is 18.9 Å². The lowest BCUT2D eigenvalue weighted by Crippen LogP contribution is -2.18. The quantitative estimate of drug-likeness (QED) is 0.744. The number of hydrogen-bond acceptors (Lipinski definition) is 3. The second-order valence-corrected chi connectivity index (χ2v) is 6.11. The van der Waals surface area contributed by atoms with Gasteiger partial charge in [-0.15, -0.1) is 0 Å². The number of aromatic nitrogens is 3. The molecule has 22 heavy (non-hydrogen) atoms. The SMILES string of the molecule is CN1CCC(n2c(Cc3ccccc3)nc3cccnc32)C1. The zero-order valence-electron chi connectivity index (χ0n) is 12.8. The number of likely N-dealkylation sites (tertiary alicyclic amines) is 1. The van der Waals surface area contributed by atoms with Crippen LogP contribution in [0.3, 0.4) is 0 Å². The number of pyridine rings is 1. The average Bonchev–Trinajstić information content (AvgIpc) is 3.11. The van der Waals surface area contributed by atoms with Crippen LogP contribution in [0.2, 0.25) is 0 Å². The molecule has 4 rings (SSSR count). The Balaban J connectivity index is 1.79. The van der Waals surface area contributed by atoms with E-state index in [0.29, 0.717) is 6.04 Å².